The lowest BCUT2D eigenvalue weighted by Crippen LogP contribution is -2.41. The van der Waals surface area contributed by atoms with Crippen LogP contribution in [0, 0.1) is 5.92 Å². The number of sulfonamides is 1. The van der Waals surface area contributed by atoms with Crippen molar-refractivity contribution in [1.82, 2.24) is 4.31 Å². The molecular formula is C10H23ClN2O2S. The van der Waals surface area contributed by atoms with Crippen LogP contribution in [-0.4, -0.2) is 38.1 Å². The lowest BCUT2D eigenvalue weighted by Gasteiger charge is -2.31. The van der Waals surface area contributed by atoms with E-state index in [1.807, 2.05) is 6.92 Å². The number of piperidine rings is 1. The van der Waals surface area contributed by atoms with Gasteiger partial charge in [0.25, 0.3) is 0 Å². The van der Waals surface area contributed by atoms with Gasteiger partial charge in [-0.05, 0) is 38.1 Å². The first kappa shape index (κ1) is 16.2. The molecule has 0 saturated carbocycles. The molecule has 0 aromatic rings. The molecule has 98 valence electrons. The van der Waals surface area contributed by atoms with Gasteiger partial charge in [0.2, 0.25) is 10.0 Å². The van der Waals surface area contributed by atoms with Crippen LogP contribution in [0.5, 0.6) is 0 Å². The van der Waals surface area contributed by atoms with Crippen molar-refractivity contribution >= 4 is 22.4 Å². The van der Waals surface area contributed by atoms with E-state index in [1.54, 1.807) is 4.31 Å². The van der Waals surface area contributed by atoms with E-state index in [4.69, 9.17) is 5.73 Å². The number of hydrogen-bond acceptors (Lipinski definition) is 3. The van der Waals surface area contributed by atoms with Crippen molar-refractivity contribution in [2.45, 2.75) is 32.6 Å². The molecule has 1 saturated heterocycles. The quantitative estimate of drug-likeness (QED) is 0.817. The largest absolute Gasteiger partial charge is 0.330 e. The molecule has 0 amide bonds. The highest BCUT2D eigenvalue weighted by Gasteiger charge is 2.27. The predicted octanol–water partition coefficient (Wildman–Crippen LogP) is 1.21. The van der Waals surface area contributed by atoms with Gasteiger partial charge in [-0.3, -0.25) is 0 Å². The summed E-state index contributed by atoms with van der Waals surface area (Å²) in [6.45, 7) is 3.94. The van der Waals surface area contributed by atoms with Crippen molar-refractivity contribution in [3.8, 4) is 0 Å². The maximum atomic E-state index is 11.8. The Balaban J connectivity index is 0.00000225. The van der Waals surface area contributed by atoms with Crippen LogP contribution in [0.15, 0.2) is 0 Å². The van der Waals surface area contributed by atoms with Crippen LogP contribution in [0.2, 0.25) is 0 Å². The molecule has 1 fully saturated rings. The molecule has 2 N–H and O–H groups in total. The number of halogens is 1. The summed E-state index contributed by atoms with van der Waals surface area (Å²) in [6, 6.07) is 0. The van der Waals surface area contributed by atoms with Gasteiger partial charge in [-0.2, -0.15) is 0 Å². The molecule has 6 heteroatoms. The Hall–Kier alpha value is 0.160. The summed E-state index contributed by atoms with van der Waals surface area (Å²) in [4.78, 5) is 0. The summed E-state index contributed by atoms with van der Waals surface area (Å²) < 4.78 is 25.3. The van der Waals surface area contributed by atoms with E-state index in [9.17, 15) is 8.42 Å². The van der Waals surface area contributed by atoms with Crippen molar-refractivity contribution in [3.63, 3.8) is 0 Å². The zero-order valence-corrected chi connectivity index (χ0v) is 11.5. The predicted molar refractivity (Wildman–Crippen MR) is 69.3 cm³/mol. The maximum Gasteiger partial charge on any atom is 0.214 e. The van der Waals surface area contributed by atoms with Crippen molar-refractivity contribution < 1.29 is 8.42 Å². The molecule has 1 atom stereocenters. The zero-order valence-electron chi connectivity index (χ0n) is 9.89. The Morgan fingerprint density at radius 2 is 2.12 bits per heavy atom. The van der Waals surface area contributed by atoms with E-state index in [0.29, 0.717) is 32.0 Å². The van der Waals surface area contributed by atoms with Crippen LogP contribution in [0.3, 0.4) is 0 Å². The fourth-order valence-corrected chi connectivity index (χ4v) is 3.76. The van der Waals surface area contributed by atoms with Gasteiger partial charge in [-0.1, -0.05) is 6.92 Å². The van der Waals surface area contributed by atoms with Gasteiger partial charge in [-0.15, -0.1) is 12.4 Å². The minimum absolute atomic E-state index is 0. The fourth-order valence-electron chi connectivity index (χ4n) is 2.14. The average molecular weight is 271 g/mol. The Kier molecular flexibility index (Phi) is 7.55. The van der Waals surface area contributed by atoms with Crippen molar-refractivity contribution in [1.29, 1.82) is 0 Å². The second-order valence-corrected chi connectivity index (χ2v) is 6.35. The van der Waals surface area contributed by atoms with Crippen LogP contribution in [-0.2, 0) is 10.0 Å². The van der Waals surface area contributed by atoms with E-state index in [0.717, 1.165) is 19.3 Å². The molecule has 1 aliphatic rings. The highest BCUT2D eigenvalue weighted by Crippen LogP contribution is 2.21. The third-order valence-corrected chi connectivity index (χ3v) is 4.95. The van der Waals surface area contributed by atoms with Crippen LogP contribution in [0.1, 0.15) is 32.6 Å². The monoisotopic (exact) mass is 270 g/mol. The Bertz CT molecular complexity index is 281. The van der Waals surface area contributed by atoms with Crippen LogP contribution < -0.4 is 5.73 Å². The third-order valence-electron chi connectivity index (χ3n) is 2.91. The molecule has 0 spiro atoms. The average Bonchev–Trinajstić information content (AvgIpc) is 2.19. The van der Waals surface area contributed by atoms with Gasteiger partial charge < -0.3 is 5.73 Å². The van der Waals surface area contributed by atoms with Crippen LogP contribution in [0.4, 0.5) is 0 Å². The van der Waals surface area contributed by atoms with Crippen molar-refractivity contribution in [2.24, 2.45) is 11.7 Å². The molecule has 1 aliphatic heterocycles. The zero-order chi connectivity index (χ0) is 11.3. The molecule has 0 aliphatic carbocycles. The van der Waals surface area contributed by atoms with Gasteiger partial charge >= 0.3 is 0 Å². The Labute approximate surface area is 105 Å². The highest BCUT2D eigenvalue weighted by molar-refractivity contribution is 7.89. The summed E-state index contributed by atoms with van der Waals surface area (Å²) in [5, 5.41) is 0. The lowest BCUT2D eigenvalue weighted by molar-refractivity contribution is 0.258. The van der Waals surface area contributed by atoms with Crippen molar-refractivity contribution in [2.75, 3.05) is 25.4 Å². The minimum Gasteiger partial charge on any atom is -0.330 e. The standard InChI is InChI=1S/C10H22N2O2S.ClH/c1-2-8-15(13,14)12-7-3-4-10(9-12)5-6-11;/h10H,2-9,11H2,1H3;1H. The molecule has 0 aromatic carbocycles. The van der Waals surface area contributed by atoms with Crippen molar-refractivity contribution in [3.05, 3.63) is 0 Å². The molecule has 1 unspecified atom stereocenters. The minimum atomic E-state index is -2.99. The molecule has 1 heterocycles. The summed E-state index contributed by atoms with van der Waals surface area (Å²) in [5.41, 5.74) is 5.50. The van der Waals surface area contributed by atoms with Gasteiger partial charge in [0.1, 0.15) is 0 Å². The van der Waals surface area contributed by atoms with Crippen LogP contribution >= 0.6 is 12.4 Å². The molecule has 1 rings (SSSR count). The third kappa shape index (κ3) is 4.57. The first-order valence-corrected chi connectivity index (χ1v) is 7.39. The maximum absolute atomic E-state index is 11.8. The Morgan fingerprint density at radius 3 is 2.69 bits per heavy atom. The normalized spacial score (nSPS) is 22.8. The van der Waals surface area contributed by atoms with E-state index >= 15 is 0 Å². The van der Waals surface area contributed by atoms with Gasteiger partial charge in [-0.25, -0.2) is 12.7 Å². The molecule has 4 nitrogen and oxygen atoms in total. The molecule has 0 radical (unpaired) electrons. The summed E-state index contributed by atoms with van der Waals surface area (Å²) in [5.74, 6) is 0.748. The number of nitrogens with zero attached hydrogens (tertiary/aromatic N) is 1. The Morgan fingerprint density at radius 1 is 1.44 bits per heavy atom. The smallest absolute Gasteiger partial charge is 0.214 e. The second kappa shape index (κ2) is 7.48. The molecule has 0 bridgehead atoms. The van der Waals surface area contributed by atoms with Crippen LogP contribution in [0.25, 0.3) is 0 Å². The highest BCUT2D eigenvalue weighted by atomic mass is 35.5. The summed E-state index contributed by atoms with van der Waals surface area (Å²) in [7, 11) is -2.99. The lowest BCUT2D eigenvalue weighted by atomic mass is 9.96. The van der Waals surface area contributed by atoms with E-state index in [2.05, 4.69) is 0 Å². The number of rotatable bonds is 5. The first-order chi connectivity index (χ1) is 7.10. The number of hydrogen-bond donors (Lipinski definition) is 1. The second-order valence-electron chi connectivity index (χ2n) is 4.26. The van der Waals surface area contributed by atoms with E-state index in [1.165, 1.54) is 0 Å². The fraction of sp³-hybridized carbons (Fsp3) is 1.00. The number of nitrogens with two attached hydrogens (primary N) is 1. The van der Waals surface area contributed by atoms with Gasteiger partial charge in [0.05, 0.1) is 5.75 Å². The summed E-state index contributed by atoms with van der Waals surface area (Å²) in [6.07, 6.45) is 3.74. The van der Waals surface area contributed by atoms with Gasteiger partial charge in [0.15, 0.2) is 0 Å². The molecule has 16 heavy (non-hydrogen) atoms. The van der Waals surface area contributed by atoms with E-state index < -0.39 is 10.0 Å². The SMILES string of the molecule is CCCS(=O)(=O)N1CCCC(CCN)C1.Cl. The summed E-state index contributed by atoms with van der Waals surface area (Å²) >= 11 is 0. The topological polar surface area (TPSA) is 63.4 Å². The van der Waals surface area contributed by atoms with Gasteiger partial charge in [0, 0.05) is 13.1 Å². The molecular weight excluding hydrogens is 248 g/mol. The molecule has 0 aromatic heterocycles. The van der Waals surface area contributed by atoms with E-state index in [-0.39, 0.29) is 18.2 Å². The first-order valence-electron chi connectivity index (χ1n) is 5.78.